The summed E-state index contributed by atoms with van der Waals surface area (Å²) in [6.45, 7) is 21.8. The number of rotatable bonds is 10. The Bertz CT molecular complexity index is 413. The summed E-state index contributed by atoms with van der Waals surface area (Å²) in [6.07, 6.45) is -0.739. The standard InChI is InChI=1S/C19H44O5Si2/c1-18(2,3)25(7,8)23-12-11-17(15(13-20)16(22)14-21)24-26(9,10)19(4,5)6/h15-17,20-22H,11-14H2,1-10H3/t15-,16+,17+/m1/s1. The smallest absolute Gasteiger partial charge is 0.192 e. The van der Waals surface area contributed by atoms with E-state index in [9.17, 15) is 15.3 Å². The second-order valence-corrected chi connectivity index (χ2v) is 20.0. The Morgan fingerprint density at radius 3 is 1.62 bits per heavy atom. The Balaban J connectivity index is 5.29. The van der Waals surface area contributed by atoms with Gasteiger partial charge in [0.05, 0.1) is 25.4 Å². The van der Waals surface area contributed by atoms with Crippen LogP contribution in [-0.2, 0) is 8.85 Å². The molecule has 0 rings (SSSR count). The van der Waals surface area contributed by atoms with E-state index in [1.165, 1.54) is 0 Å². The Hall–Kier alpha value is 0.234. The van der Waals surface area contributed by atoms with Crippen molar-refractivity contribution in [1.82, 2.24) is 0 Å². The van der Waals surface area contributed by atoms with Crippen LogP contribution in [0.4, 0.5) is 0 Å². The molecule has 0 saturated heterocycles. The molecule has 0 radical (unpaired) electrons. The van der Waals surface area contributed by atoms with Crippen molar-refractivity contribution in [2.45, 2.75) is 96.4 Å². The van der Waals surface area contributed by atoms with Crippen molar-refractivity contribution in [2.75, 3.05) is 19.8 Å². The molecule has 3 N–H and O–H groups in total. The van der Waals surface area contributed by atoms with Gasteiger partial charge in [0.15, 0.2) is 16.6 Å². The highest BCUT2D eigenvalue weighted by atomic mass is 28.4. The fourth-order valence-electron chi connectivity index (χ4n) is 2.18. The Kier molecular flexibility index (Phi) is 9.71. The van der Waals surface area contributed by atoms with Gasteiger partial charge in [0.2, 0.25) is 0 Å². The first-order valence-corrected chi connectivity index (χ1v) is 15.5. The average molecular weight is 409 g/mol. The van der Waals surface area contributed by atoms with E-state index >= 15 is 0 Å². The van der Waals surface area contributed by atoms with Crippen LogP contribution in [0.1, 0.15) is 48.0 Å². The predicted molar refractivity (Wildman–Crippen MR) is 114 cm³/mol. The van der Waals surface area contributed by atoms with Crippen molar-refractivity contribution in [3.63, 3.8) is 0 Å². The van der Waals surface area contributed by atoms with Crippen LogP contribution in [-0.4, -0.2) is 64.0 Å². The molecule has 0 aliphatic rings. The highest BCUT2D eigenvalue weighted by molar-refractivity contribution is 6.74. The predicted octanol–water partition coefficient (Wildman–Crippen LogP) is 3.75. The highest BCUT2D eigenvalue weighted by Crippen LogP contribution is 2.39. The quantitative estimate of drug-likeness (QED) is 0.480. The minimum atomic E-state index is -2.09. The maximum absolute atomic E-state index is 10.2. The van der Waals surface area contributed by atoms with Crippen LogP contribution in [0.3, 0.4) is 0 Å². The van der Waals surface area contributed by atoms with E-state index in [0.717, 1.165) is 0 Å². The van der Waals surface area contributed by atoms with Crippen LogP contribution in [0, 0.1) is 5.92 Å². The molecule has 0 heterocycles. The van der Waals surface area contributed by atoms with Crippen LogP contribution in [0.2, 0.25) is 36.3 Å². The maximum Gasteiger partial charge on any atom is 0.192 e. The van der Waals surface area contributed by atoms with Gasteiger partial charge in [0.1, 0.15) is 0 Å². The lowest BCUT2D eigenvalue weighted by atomic mass is 9.95. The first-order chi connectivity index (χ1) is 11.5. The molecule has 5 nitrogen and oxygen atoms in total. The minimum absolute atomic E-state index is 0.0235. The summed E-state index contributed by atoms with van der Waals surface area (Å²) in [5.41, 5.74) is 0. The lowest BCUT2D eigenvalue weighted by molar-refractivity contribution is -0.0401. The molecule has 26 heavy (non-hydrogen) atoms. The molecule has 0 amide bonds. The summed E-state index contributed by atoms with van der Waals surface area (Å²) >= 11 is 0. The average Bonchev–Trinajstić information content (AvgIpc) is 2.44. The van der Waals surface area contributed by atoms with Crippen molar-refractivity contribution in [3.05, 3.63) is 0 Å². The Morgan fingerprint density at radius 2 is 1.27 bits per heavy atom. The van der Waals surface area contributed by atoms with Gasteiger partial charge in [-0.1, -0.05) is 41.5 Å². The Morgan fingerprint density at radius 1 is 0.808 bits per heavy atom. The van der Waals surface area contributed by atoms with Gasteiger partial charge in [-0.3, -0.25) is 0 Å². The molecule has 0 aromatic carbocycles. The van der Waals surface area contributed by atoms with Crippen LogP contribution < -0.4 is 0 Å². The van der Waals surface area contributed by atoms with Gasteiger partial charge in [-0.05, 0) is 42.7 Å². The molecule has 0 fully saturated rings. The van der Waals surface area contributed by atoms with Gasteiger partial charge in [-0.2, -0.15) is 0 Å². The lowest BCUT2D eigenvalue weighted by Crippen LogP contribution is -2.50. The summed E-state index contributed by atoms with van der Waals surface area (Å²) in [5.74, 6) is -0.517. The van der Waals surface area contributed by atoms with Crippen LogP contribution >= 0.6 is 0 Å². The molecule has 0 aliphatic carbocycles. The van der Waals surface area contributed by atoms with Gasteiger partial charge in [-0.25, -0.2) is 0 Å². The van der Waals surface area contributed by atoms with E-state index < -0.39 is 28.7 Å². The van der Waals surface area contributed by atoms with Crippen molar-refractivity contribution < 1.29 is 24.2 Å². The van der Waals surface area contributed by atoms with Crippen LogP contribution in [0.25, 0.3) is 0 Å². The third-order valence-electron chi connectivity index (χ3n) is 6.29. The van der Waals surface area contributed by atoms with Gasteiger partial charge in [0.25, 0.3) is 0 Å². The van der Waals surface area contributed by atoms with Crippen molar-refractivity contribution in [2.24, 2.45) is 5.92 Å². The topological polar surface area (TPSA) is 79.2 Å². The molecule has 0 spiro atoms. The molecule has 7 heteroatoms. The summed E-state index contributed by atoms with van der Waals surface area (Å²) < 4.78 is 12.8. The number of hydrogen-bond acceptors (Lipinski definition) is 5. The van der Waals surface area contributed by atoms with Crippen molar-refractivity contribution in [3.8, 4) is 0 Å². The summed E-state index contributed by atoms with van der Waals surface area (Å²) in [7, 11) is -3.95. The molecule has 0 saturated carbocycles. The van der Waals surface area contributed by atoms with Gasteiger partial charge in [-0.15, -0.1) is 0 Å². The van der Waals surface area contributed by atoms with Gasteiger partial charge < -0.3 is 24.2 Å². The molecule has 0 aliphatic heterocycles. The fourth-order valence-corrected chi connectivity index (χ4v) is 4.65. The second-order valence-electron chi connectivity index (χ2n) is 10.4. The first kappa shape index (κ1) is 26.2. The molecular formula is C19H44O5Si2. The maximum atomic E-state index is 10.2. The highest BCUT2D eigenvalue weighted by Gasteiger charge is 2.42. The minimum Gasteiger partial charge on any atom is -0.417 e. The molecular weight excluding hydrogens is 364 g/mol. The second kappa shape index (κ2) is 9.63. The SMILES string of the molecule is CC(C)(C)[Si](C)(C)OCC[C@H](O[Si](C)(C)C(C)(C)C)[C@H](CO)[C@@H](O)CO. The van der Waals surface area contributed by atoms with Crippen molar-refractivity contribution >= 4 is 16.6 Å². The number of aliphatic hydroxyl groups is 3. The summed E-state index contributed by atoms with van der Waals surface area (Å²) in [6, 6.07) is 0. The summed E-state index contributed by atoms with van der Waals surface area (Å²) in [5, 5.41) is 29.5. The van der Waals surface area contributed by atoms with Crippen LogP contribution in [0.15, 0.2) is 0 Å². The molecule has 3 atom stereocenters. The first-order valence-electron chi connectivity index (χ1n) is 9.71. The van der Waals surface area contributed by atoms with E-state index in [1.807, 2.05) is 0 Å². The summed E-state index contributed by atoms with van der Waals surface area (Å²) in [4.78, 5) is 0. The van der Waals surface area contributed by atoms with Gasteiger partial charge >= 0.3 is 0 Å². The third kappa shape index (κ3) is 7.33. The number of hydrogen-bond donors (Lipinski definition) is 3. The molecule has 0 bridgehead atoms. The third-order valence-corrected chi connectivity index (χ3v) is 15.3. The van der Waals surface area contributed by atoms with E-state index in [-0.39, 0.29) is 29.4 Å². The van der Waals surface area contributed by atoms with E-state index in [1.54, 1.807) is 0 Å². The van der Waals surface area contributed by atoms with E-state index in [0.29, 0.717) is 13.0 Å². The monoisotopic (exact) mass is 408 g/mol. The molecule has 0 aromatic rings. The van der Waals surface area contributed by atoms with Crippen LogP contribution in [0.5, 0.6) is 0 Å². The zero-order chi connectivity index (χ0) is 21.0. The molecule has 0 unspecified atom stereocenters. The molecule has 0 aromatic heterocycles. The fraction of sp³-hybridized carbons (Fsp3) is 1.00. The van der Waals surface area contributed by atoms with E-state index in [4.69, 9.17) is 8.85 Å². The normalized spacial score (nSPS) is 17.9. The van der Waals surface area contributed by atoms with Gasteiger partial charge in [0, 0.05) is 12.5 Å². The molecule has 158 valence electrons. The number of aliphatic hydroxyl groups excluding tert-OH is 3. The zero-order valence-corrected chi connectivity index (χ0v) is 20.7. The Labute approximate surface area is 163 Å². The lowest BCUT2D eigenvalue weighted by Gasteiger charge is -2.42. The zero-order valence-electron chi connectivity index (χ0n) is 18.7. The largest absolute Gasteiger partial charge is 0.417 e. The van der Waals surface area contributed by atoms with E-state index in [2.05, 4.69) is 67.7 Å². The van der Waals surface area contributed by atoms with Crippen molar-refractivity contribution in [1.29, 1.82) is 0 Å².